The van der Waals surface area contributed by atoms with Crippen molar-refractivity contribution in [2.45, 2.75) is 39.6 Å². The molecule has 0 amide bonds. The van der Waals surface area contributed by atoms with E-state index in [-0.39, 0.29) is 6.29 Å². The third-order valence-electron chi connectivity index (χ3n) is 3.06. The lowest BCUT2D eigenvalue weighted by Gasteiger charge is -2.32. The molecule has 0 bridgehead atoms. The van der Waals surface area contributed by atoms with Crippen molar-refractivity contribution in [1.82, 2.24) is 0 Å². The molecule has 1 aromatic carbocycles. The Labute approximate surface area is 97.6 Å². The number of ether oxygens (including phenoxy) is 2. The van der Waals surface area contributed by atoms with E-state index < -0.39 is 0 Å². The predicted octanol–water partition coefficient (Wildman–Crippen LogP) is 3.46. The molecule has 1 heterocycles. The highest BCUT2D eigenvalue weighted by molar-refractivity contribution is 5.22. The molecule has 0 radical (unpaired) electrons. The molecule has 2 heteroatoms. The van der Waals surface area contributed by atoms with Gasteiger partial charge in [0.25, 0.3) is 0 Å². The highest BCUT2D eigenvalue weighted by atomic mass is 16.7. The molecule has 0 saturated carbocycles. The van der Waals surface area contributed by atoms with Crippen LogP contribution in [-0.2, 0) is 9.47 Å². The van der Waals surface area contributed by atoms with Gasteiger partial charge in [-0.05, 0) is 19.3 Å². The van der Waals surface area contributed by atoms with E-state index >= 15 is 0 Å². The van der Waals surface area contributed by atoms with Gasteiger partial charge in [-0.15, -0.1) is 0 Å². The Morgan fingerprint density at radius 3 is 2.50 bits per heavy atom. The van der Waals surface area contributed by atoms with Gasteiger partial charge in [0.1, 0.15) is 0 Å². The molecule has 1 aliphatic rings. The van der Waals surface area contributed by atoms with Crippen LogP contribution in [0.15, 0.2) is 24.3 Å². The first-order valence-corrected chi connectivity index (χ1v) is 6.00. The first-order valence-electron chi connectivity index (χ1n) is 6.00. The summed E-state index contributed by atoms with van der Waals surface area (Å²) < 4.78 is 11.6. The molecule has 0 aromatic heterocycles. The van der Waals surface area contributed by atoms with Crippen molar-refractivity contribution in [1.29, 1.82) is 0 Å². The number of benzene rings is 1. The molecule has 1 aliphatic heterocycles. The minimum absolute atomic E-state index is 0.179. The zero-order valence-corrected chi connectivity index (χ0v) is 10.3. The van der Waals surface area contributed by atoms with E-state index in [1.165, 1.54) is 5.56 Å². The molecule has 2 rings (SSSR count). The van der Waals surface area contributed by atoms with Crippen LogP contribution in [0.2, 0.25) is 0 Å². The Hall–Kier alpha value is -0.860. The van der Waals surface area contributed by atoms with Crippen molar-refractivity contribution in [2.24, 2.45) is 5.92 Å². The first kappa shape index (κ1) is 11.6. The van der Waals surface area contributed by atoms with E-state index in [2.05, 4.69) is 45.0 Å². The summed E-state index contributed by atoms with van der Waals surface area (Å²) in [5.74, 6) is 0.553. The van der Waals surface area contributed by atoms with Crippen LogP contribution in [0.1, 0.15) is 37.7 Å². The summed E-state index contributed by atoms with van der Waals surface area (Å²) in [6, 6.07) is 8.37. The van der Waals surface area contributed by atoms with E-state index in [0.29, 0.717) is 12.0 Å². The summed E-state index contributed by atoms with van der Waals surface area (Å²) in [4.78, 5) is 0. The summed E-state index contributed by atoms with van der Waals surface area (Å²) in [5, 5.41) is 0. The lowest BCUT2D eigenvalue weighted by molar-refractivity contribution is -0.226. The second-order valence-corrected chi connectivity index (χ2v) is 4.82. The molecule has 1 saturated heterocycles. The summed E-state index contributed by atoms with van der Waals surface area (Å²) in [5.41, 5.74) is 2.39. The molecule has 0 aliphatic carbocycles. The Kier molecular flexibility index (Phi) is 3.62. The number of rotatable bonds is 2. The van der Waals surface area contributed by atoms with Crippen molar-refractivity contribution in [2.75, 3.05) is 6.61 Å². The predicted molar refractivity (Wildman–Crippen MR) is 64.2 cm³/mol. The third-order valence-corrected chi connectivity index (χ3v) is 3.06. The summed E-state index contributed by atoms with van der Waals surface area (Å²) in [7, 11) is 0. The van der Waals surface area contributed by atoms with Gasteiger partial charge < -0.3 is 9.47 Å². The quantitative estimate of drug-likeness (QED) is 0.760. The summed E-state index contributed by atoms with van der Waals surface area (Å²) >= 11 is 0. The minimum Gasteiger partial charge on any atom is -0.348 e. The van der Waals surface area contributed by atoms with E-state index in [4.69, 9.17) is 9.47 Å². The smallest absolute Gasteiger partial charge is 0.184 e. The molecule has 0 N–H and O–H groups in total. The van der Waals surface area contributed by atoms with Gasteiger partial charge in [-0.1, -0.05) is 43.7 Å². The van der Waals surface area contributed by atoms with Gasteiger partial charge in [-0.25, -0.2) is 0 Å². The lowest BCUT2D eigenvalue weighted by Crippen LogP contribution is -2.30. The van der Waals surface area contributed by atoms with Crippen LogP contribution in [-0.4, -0.2) is 12.7 Å². The van der Waals surface area contributed by atoms with Crippen molar-refractivity contribution in [3.8, 4) is 0 Å². The van der Waals surface area contributed by atoms with Gasteiger partial charge in [0, 0.05) is 5.56 Å². The monoisotopic (exact) mass is 220 g/mol. The maximum atomic E-state index is 5.95. The van der Waals surface area contributed by atoms with Crippen LogP contribution in [0.25, 0.3) is 0 Å². The van der Waals surface area contributed by atoms with Gasteiger partial charge in [-0.2, -0.15) is 0 Å². The van der Waals surface area contributed by atoms with Crippen LogP contribution >= 0.6 is 0 Å². The van der Waals surface area contributed by atoms with Crippen LogP contribution in [0.4, 0.5) is 0 Å². The Bertz CT molecular complexity index is 329. The van der Waals surface area contributed by atoms with Crippen LogP contribution in [0.3, 0.4) is 0 Å². The maximum Gasteiger partial charge on any atom is 0.184 e. The average Bonchev–Trinajstić information content (AvgIpc) is 2.30. The fourth-order valence-corrected chi connectivity index (χ4v) is 1.95. The van der Waals surface area contributed by atoms with E-state index in [9.17, 15) is 0 Å². The van der Waals surface area contributed by atoms with Crippen molar-refractivity contribution >= 4 is 0 Å². The average molecular weight is 220 g/mol. The number of hydrogen-bond acceptors (Lipinski definition) is 2. The Morgan fingerprint density at radius 2 is 1.88 bits per heavy atom. The lowest BCUT2D eigenvalue weighted by atomic mass is 10.0. The third kappa shape index (κ3) is 2.63. The van der Waals surface area contributed by atoms with Crippen LogP contribution in [0.5, 0.6) is 0 Å². The SMILES string of the molecule is Cc1ccc(C2OCCC(C(C)C)O2)cc1. The molecular weight excluding hydrogens is 200 g/mol. The molecular formula is C14H20O2. The molecule has 0 spiro atoms. The van der Waals surface area contributed by atoms with Gasteiger partial charge in [-0.3, -0.25) is 0 Å². The first-order chi connectivity index (χ1) is 7.66. The molecule has 88 valence electrons. The normalized spacial score (nSPS) is 26.0. The van der Waals surface area contributed by atoms with Crippen LogP contribution in [0, 0.1) is 12.8 Å². The topological polar surface area (TPSA) is 18.5 Å². The molecule has 16 heavy (non-hydrogen) atoms. The van der Waals surface area contributed by atoms with Gasteiger partial charge in [0.15, 0.2) is 6.29 Å². The van der Waals surface area contributed by atoms with Crippen molar-refractivity contribution in [3.63, 3.8) is 0 Å². The van der Waals surface area contributed by atoms with Gasteiger partial charge in [0.05, 0.1) is 12.7 Å². The number of aryl methyl sites for hydroxylation is 1. The summed E-state index contributed by atoms with van der Waals surface area (Å²) in [6.07, 6.45) is 1.14. The standard InChI is InChI=1S/C14H20O2/c1-10(2)13-8-9-15-14(16-13)12-6-4-11(3)5-7-12/h4-7,10,13-14H,8-9H2,1-3H3. The second-order valence-electron chi connectivity index (χ2n) is 4.82. The van der Waals surface area contributed by atoms with Gasteiger partial charge in [0.2, 0.25) is 0 Å². The Morgan fingerprint density at radius 1 is 1.19 bits per heavy atom. The molecule has 1 fully saturated rings. The van der Waals surface area contributed by atoms with Crippen LogP contribution < -0.4 is 0 Å². The fourth-order valence-electron chi connectivity index (χ4n) is 1.95. The highest BCUT2D eigenvalue weighted by Crippen LogP contribution is 2.29. The highest BCUT2D eigenvalue weighted by Gasteiger charge is 2.26. The van der Waals surface area contributed by atoms with Crippen molar-refractivity contribution in [3.05, 3.63) is 35.4 Å². The van der Waals surface area contributed by atoms with E-state index in [1.54, 1.807) is 0 Å². The minimum atomic E-state index is -0.179. The molecule has 2 atom stereocenters. The van der Waals surface area contributed by atoms with E-state index in [1.807, 2.05) is 0 Å². The van der Waals surface area contributed by atoms with Crippen molar-refractivity contribution < 1.29 is 9.47 Å². The maximum absolute atomic E-state index is 5.95. The Balaban J connectivity index is 2.06. The van der Waals surface area contributed by atoms with Gasteiger partial charge >= 0.3 is 0 Å². The molecule has 1 aromatic rings. The molecule has 2 unspecified atom stereocenters. The molecule has 2 nitrogen and oxygen atoms in total. The zero-order chi connectivity index (χ0) is 11.5. The largest absolute Gasteiger partial charge is 0.348 e. The van der Waals surface area contributed by atoms with E-state index in [0.717, 1.165) is 18.6 Å². The zero-order valence-electron chi connectivity index (χ0n) is 10.3. The number of hydrogen-bond donors (Lipinski definition) is 0. The summed E-state index contributed by atoms with van der Waals surface area (Å²) in [6.45, 7) is 7.27. The fraction of sp³-hybridized carbons (Fsp3) is 0.571. The second kappa shape index (κ2) is 4.98.